The Morgan fingerprint density at radius 1 is 0.456 bits per heavy atom. The molecule has 149 heavy (non-hydrogen) atoms. The number of non-ortho nitro benzene ring substituents is 3. The van der Waals surface area contributed by atoms with Crippen LogP contribution in [0.25, 0.3) is 0 Å². The number of esters is 4. The quantitative estimate of drug-likeness (QED) is 0.00418. The van der Waals surface area contributed by atoms with Crippen molar-refractivity contribution in [3.63, 3.8) is 0 Å². The number of aliphatic carboxylic acids is 1. The number of ether oxygens (including phenoxy) is 8. The summed E-state index contributed by atoms with van der Waals surface area (Å²) in [6.45, 7) is -4.25. The Morgan fingerprint density at radius 2 is 0.772 bits per heavy atom. The monoisotopic (exact) mass is 2290 g/mol. The summed E-state index contributed by atoms with van der Waals surface area (Å²) in [7, 11) is 2.72. The molecule has 0 radical (unpaired) electrons. The molecule has 7 fully saturated rings. The lowest BCUT2D eigenvalue weighted by Gasteiger charge is -2.26. The fourth-order valence-electron chi connectivity index (χ4n) is 14.3. The molecule has 2 aliphatic carbocycles. The first-order valence-corrected chi connectivity index (χ1v) is 51.2. The molecule has 5 saturated heterocycles. The van der Waals surface area contributed by atoms with Crippen LogP contribution in [-0.2, 0) is 55.8 Å². The van der Waals surface area contributed by atoms with E-state index in [0.717, 1.165) is 74.8 Å². The van der Waals surface area contributed by atoms with Crippen molar-refractivity contribution in [3.05, 3.63) is 293 Å². The Balaban J connectivity index is 0.000000237. The number of methoxy groups -OCH3 is 2. The third-order valence-electron chi connectivity index (χ3n) is 22.2. The number of nitrogens with two attached hydrogens (primary N) is 1. The maximum Gasteiger partial charge on any atom is 0.387 e. The van der Waals surface area contributed by atoms with Crippen molar-refractivity contribution >= 4 is 216 Å². The van der Waals surface area contributed by atoms with Crippen LogP contribution >= 0.6 is 129 Å². The molecular formula is C94H95Cl6F4N11O29S5. The minimum atomic E-state index is -3.10. The van der Waals surface area contributed by atoms with E-state index in [1.54, 1.807) is 60.3 Å². The van der Waals surface area contributed by atoms with Crippen LogP contribution in [0.2, 0.25) is 20.1 Å². The van der Waals surface area contributed by atoms with Gasteiger partial charge in [-0.15, -0.1) is 71.2 Å². The summed E-state index contributed by atoms with van der Waals surface area (Å²) in [5, 5.41) is 61.0. The van der Waals surface area contributed by atoms with Gasteiger partial charge in [-0.2, -0.15) is 27.0 Å². The van der Waals surface area contributed by atoms with E-state index in [-0.39, 0.29) is 149 Å². The number of carboxylic acid groups (broad SMARTS) is 1. The second kappa shape index (κ2) is 58.1. The van der Waals surface area contributed by atoms with E-state index in [1.807, 2.05) is 0 Å². The van der Waals surface area contributed by atoms with Gasteiger partial charge in [0.05, 0.1) is 42.2 Å². The van der Waals surface area contributed by atoms with Gasteiger partial charge in [0.2, 0.25) is 0 Å². The number of carboxylic acids is 1. The topological polar surface area (TPSA) is 576 Å². The second-order valence-electron chi connectivity index (χ2n) is 32.3. The number of quaternary nitrogens is 1. The third-order valence-corrected chi connectivity index (χ3v) is 29.8. The summed E-state index contributed by atoms with van der Waals surface area (Å²) < 4.78 is 95.5. The molecule has 2 saturated carbocycles. The standard InChI is InChI=1S/C29H25Cl2F2N3O8S.C29H27Cl2F2N3O6S.C12H12N2O5S.C11H10N2O5S.C7H6ClNO.C6H10O2S.ClH.2H2O/c30-21-13-34(39)14-22(31)20(21)12-24(18-5-8-23(44-29(32)33)25(11-18)42-15-16-1-2-16)43-28(38)27-35(9-10-45-27)26(37)17-3-6-19(7-4-17)36(40)41;30-21-13-35(39)14-22(31)20(21)12-24(18-5-8-23(42-29(32)33)25(11-18)40-15-16-1-2-16)41-28(38)27-36(9-10-43-27)26(37)17-3-6-19(34)7-4-17;1-19-12(16)11-13(6-7-20-11)10(15)8-2-4-9(5-3-8)14(17)18;14-9(12-5-6-19-10(12)11(15)16)7-1-3-8(4-2-7)13(17)18;8-7(10)5-1-3-6(9)4-2-5;1-8-6(7)5-3-2-4-9-5;;;/h3-8,11,13-14,16,24,27,29H,1-2,9-10,12,15H2;3-8,11,13-14,16,24,27,29H,1-2,9-10,12,15,34H2;2-5,11H,6-7H2,1H3;1-4,10H,5-6H2,(H,15,16);1-4H,9H2;5H,2-4H2,1H3;1H;2*1H2/t2*24-,27?;;;;;;;/m00......./s1. The van der Waals surface area contributed by atoms with Gasteiger partial charge in [-0.25, -0.2) is 19.2 Å². The number of thioether (sulfide) groups is 5. The fraction of sp³-hybridized carbons (Fsp3) is 0.340. The zero-order valence-electron chi connectivity index (χ0n) is 78.3. The van der Waals surface area contributed by atoms with Gasteiger partial charge in [0.1, 0.15) is 43.2 Å². The van der Waals surface area contributed by atoms with Crippen LogP contribution in [0.5, 0.6) is 23.0 Å². The lowest BCUT2D eigenvalue weighted by molar-refractivity contribution is -0.605. The predicted molar refractivity (Wildman–Crippen MR) is 547 cm³/mol. The van der Waals surface area contributed by atoms with Crippen molar-refractivity contribution in [2.45, 2.75) is 104 Å². The van der Waals surface area contributed by atoms with Crippen LogP contribution in [-0.4, -0.2) is 231 Å². The number of hydrogen-bond donors (Lipinski definition) is 3. The maximum atomic E-state index is 13.7. The van der Waals surface area contributed by atoms with Gasteiger partial charge in [0.25, 0.3) is 45.9 Å². The highest BCUT2D eigenvalue weighted by atomic mass is 35.5. The van der Waals surface area contributed by atoms with Crippen LogP contribution in [0.1, 0.15) is 125 Å². The number of aromatic nitrogens is 2. The molecule has 7 aliphatic rings. The number of pyridine rings is 2. The van der Waals surface area contributed by atoms with Gasteiger partial charge in [-0.1, -0.05) is 58.5 Å². The number of nitro benzene ring substituents is 3. The van der Waals surface area contributed by atoms with Gasteiger partial charge in [0, 0.05) is 143 Å². The number of carbonyl (C=O) groups is 10. The molecule has 55 heteroatoms. The number of alkyl halides is 4. The molecular weight excluding hydrogens is 2200 g/mol. The van der Waals surface area contributed by atoms with Crippen molar-refractivity contribution in [3.8, 4) is 23.0 Å². The van der Waals surface area contributed by atoms with Crippen LogP contribution in [0.15, 0.2) is 183 Å². The first-order valence-electron chi connectivity index (χ1n) is 44.1. The van der Waals surface area contributed by atoms with Crippen LogP contribution in [0.3, 0.4) is 0 Å². The first-order chi connectivity index (χ1) is 69.7. The minimum absolute atomic E-state index is 0. The number of nitro groups is 3. The normalized spacial score (nSPS) is 17.0. The van der Waals surface area contributed by atoms with Crippen molar-refractivity contribution in [2.75, 3.05) is 88.1 Å². The fourth-order valence-corrected chi connectivity index (χ4v) is 21.2. The molecule has 40 nitrogen and oxygen atoms in total. The highest BCUT2D eigenvalue weighted by molar-refractivity contribution is 8.01. The maximum absolute atomic E-state index is 13.7. The summed E-state index contributed by atoms with van der Waals surface area (Å²) in [6, 6.07) is 37.0. The Hall–Kier alpha value is -12.4. The lowest BCUT2D eigenvalue weighted by Crippen LogP contribution is -2.40. The van der Waals surface area contributed by atoms with Crippen molar-refractivity contribution in [1.29, 1.82) is 0 Å². The number of carbonyl (C=O) groups excluding carboxylic acids is 9. The van der Waals surface area contributed by atoms with Crippen molar-refractivity contribution in [1.82, 2.24) is 19.6 Å². The summed E-state index contributed by atoms with van der Waals surface area (Å²) in [5.74, 6) is -1.13. The molecule has 9 aromatic rings. The van der Waals surface area contributed by atoms with E-state index in [4.69, 9.17) is 87.8 Å². The number of halogens is 10. The molecule has 0 bridgehead atoms. The number of hydrogen-bond acceptors (Lipinski definition) is 33. The van der Waals surface area contributed by atoms with E-state index < -0.39 is 103 Å². The molecule has 2 aromatic heterocycles. The van der Waals surface area contributed by atoms with E-state index in [9.17, 15) is 106 Å². The predicted octanol–water partition coefficient (Wildman–Crippen LogP) is 15.5. The van der Waals surface area contributed by atoms with Crippen molar-refractivity contribution < 1.29 is 149 Å². The van der Waals surface area contributed by atoms with Gasteiger partial charge in [-0.05, 0) is 188 Å². The van der Waals surface area contributed by atoms with Crippen molar-refractivity contribution in [2.24, 2.45) is 11.8 Å². The van der Waals surface area contributed by atoms with Gasteiger partial charge >= 0.3 is 43.1 Å². The molecule has 9 N–H and O–H groups in total. The third kappa shape index (κ3) is 35.1. The average Bonchev–Trinajstić information content (AvgIpc) is 1.67. The zero-order chi connectivity index (χ0) is 106. The highest BCUT2D eigenvalue weighted by Crippen LogP contribution is 2.44. The number of amides is 4. The number of benzene rings is 7. The van der Waals surface area contributed by atoms with E-state index in [1.165, 1.54) is 190 Å². The average molecular weight is 2290 g/mol. The molecule has 7 heterocycles. The first kappa shape index (κ1) is 122. The van der Waals surface area contributed by atoms with Crippen LogP contribution < -0.4 is 39.9 Å². The summed E-state index contributed by atoms with van der Waals surface area (Å²) in [5.41, 5.74) is 13.3. The van der Waals surface area contributed by atoms with E-state index >= 15 is 0 Å². The Labute approximate surface area is 898 Å². The molecule has 4 amide bonds. The molecule has 0 spiro atoms. The van der Waals surface area contributed by atoms with Gasteiger partial charge in [-0.3, -0.25) is 59.1 Å². The highest BCUT2D eigenvalue weighted by Gasteiger charge is 2.43. The van der Waals surface area contributed by atoms with E-state index in [0.29, 0.717) is 110 Å². The number of nitrogen functional groups attached to an aromatic ring is 1. The Morgan fingerprint density at radius 3 is 1.07 bits per heavy atom. The Kier molecular flexibility index (Phi) is 47.5. The van der Waals surface area contributed by atoms with Crippen LogP contribution in [0, 0.1) is 52.6 Å². The van der Waals surface area contributed by atoms with Crippen LogP contribution in [0.4, 0.5) is 46.0 Å². The van der Waals surface area contributed by atoms with Gasteiger partial charge < -0.3 is 95.4 Å². The summed E-state index contributed by atoms with van der Waals surface area (Å²) in [4.78, 5) is 158. The smallest absolute Gasteiger partial charge is 0.387 e. The Bertz CT molecular complexity index is 6180. The molecule has 7 aromatic carbocycles. The molecule has 5 unspecified atom stereocenters. The SMILES string of the molecule is COC(=O)C1CCCS1.COC(=O)C1SCCN1C(=O)c1ccc([N+](=O)[O-])cc1.Cl.Nc1ccc(C(=O)N2CCSC2C(=O)O[C@@H](Cc2c(Cl)c[n+]([O-])cc2Cl)c2ccc(OC(F)F)c(OCC3CC3)c2)cc1.O.O=C(O)C1SCCN1C(=O)c1ccc([N+](=O)[O-])cc1.O=C(O[C@@H](Cc1c(Cl)c[n+]([O-])cc1Cl)c1ccc(OC(F)F)c(OCC2CC2)c1)C1SCCN1C(=O)c1ccc([N+](=O)[O-])cc1.[NH3+]c1ccc(C(=O)Cl)cc1.[OH-]. The zero-order valence-corrected chi connectivity index (χ0v) is 87.0. The van der Waals surface area contributed by atoms with E-state index in [2.05, 4.69) is 24.7 Å². The summed E-state index contributed by atoms with van der Waals surface area (Å²) in [6.07, 6.45) is 8.05. The molecule has 5 aliphatic heterocycles. The second-order valence-corrected chi connectivity index (χ2v) is 40.3. The number of rotatable bonds is 31. The number of nitrogens with zero attached hydrogens (tertiary/aromatic N) is 9. The molecule has 7 atom stereocenters. The lowest BCUT2D eigenvalue weighted by atomic mass is 10.0. The van der Waals surface area contributed by atoms with Gasteiger partial charge in [0.15, 0.2) is 69.3 Å². The number of anilines is 1. The summed E-state index contributed by atoms with van der Waals surface area (Å²) >= 11 is 37.2. The molecule has 800 valence electrons. The molecule has 16 rings (SSSR count). The largest absolute Gasteiger partial charge is 0.870 e. The minimum Gasteiger partial charge on any atom is -0.870 e.